The number of halogens is 9. The van der Waals surface area contributed by atoms with Gasteiger partial charge in [0.2, 0.25) is 0 Å². The van der Waals surface area contributed by atoms with Crippen LogP contribution in [0.4, 0.5) is 30.7 Å². The molecule has 9 rings (SSSR count). The van der Waals surface area contributed by atoms with Crippen LogP contribution in [0.1, 0.15) is 66.8 Å². The van der Waals surface area contributed by atoms with Gasteiger partial charge in [0.1, 0.15) is 40.7 Å². The molecule has 0 aliphatic rings. The number of aryl methyl sites for hydroxylation is 12. The van der Waals surface area contributed by atoms with E-state index in [-0.39, 0.29) is 34.9 Å². The summed E-state index contributed by atoms with van der Waals surface area (Å²) in [7, 11) is 0. The van der Waals surface area contributed by atoms with Gasteiger partial charge in [0, 0.05) is 9.50 Å². The third kappa shape index (κ3) is 32.9. The molecule has 0 atom stereocenters. The molecule has 0 aliphatic heterocycles. The van der Waals surface area contributed by atoms with E-state index in [4.69, 9.17) is 11.6 Å². The van der Waals surface area contributed by atoms with E-state index in [0.717, 1.165) is 55.5 Å². The van der Waals surface area contributed by atoms with Crippen LogP contribution in [0.25, 0.3) is 0 Å². The maximum absolute atomic E-state index is 12.6. The molecule has 0 spiro atoms. The van der Waals surface area contributed by atoms with Crippen molar-refractivity contribution >= 4 is 27.5 Å². The first-order valence-corrected chi connectivity index (χ1v) is 25.0. The molecule has 75 heavy (non-hydrogen) atoms. The Morgan fingerprint density at radius 3 is 0.973 bits per heavy atom. The number of hydrogen-bond acceptors (Lipinski definition) is 0. The van der Waals surface area contributed by atoms with E-state index in [2.05, 4.69) is 73.1 Å². The van der Waals surface area contributed by atoms with Gasteiger partial charge in [-0.1, -0.05) is 171 Å². The van der Waals surface area contributed by atoms with Gasteiger partial charge in [0.15, 0.2) is 0 Å². The molecule has 9 heteroatoms. The van der Waals surface area contributed by atoms with Crippen molar-refractivity contribution in [3.8, 4) is 0 Å². The fourth-order valence-corrected chi connectivity index (χ4v) is 6.57. The highest BCUT2D eigenvalue weighted by Gasteiger charge is 1.97. The van der Waals surface area contributed by atoms with Crippen LogP contribution >= 0.6 is 27.5 Å². The zero-order chi connectivity index (χ0) is 56.5. The summed E-state index contributed by atoms with van der Waals surface area (Å²) in [5.74, 6) is -1.46. The third-order valence-electron chi connectivity index (χ3n) is 9.96. The molecule has 0 saturated heterocycles. The molecule has 0 aliphatic carbocycles. The molecular formula is C66H69BrClF7. The molecule has 0 N–H and O–H groups in total. The van der Waals surface area contributed by atoms with Crippen molar-refractivity contribution < 1.29 is 30.7 Å². The van der Waals surface area contributed by atoms with Crippen LogP contribution in [0.3, 0.4) is 0 Å². The Balaban J connectivity index is 0.000000422. The molecule has 0 saturated carbocycles. The number of hydrogen-bond donors (Lipinski definition) is 0. The quantitative estimate of drug-likeness (QED) is 0.133. The molecule has 9 aromatic rings. The molecule has 396 valence electrons. The molecule has 0 unspecified atom stereocenters. The van der Waals surface area contributed by atoms with E-state index < -0.39 is 5.82 Å². The summed E-state index contributed by atoms with van der Waals surface area (Å²) in [4.78, 5) is 0. The van der Waals surface area contributed by atoms with Crippen molar-refractivity contribution in [3.05, 3.63) is 317 Å². The molecular weight excluding hydrogens is 1040 g/mol. The Morgan fingerprint density at radius 1 is 0.253 bits per heavy atom. The third-order valence-corrected chi connectivity index (χ3v) is 10.7. The summed E-state index contributed by atoms with van der Waals surface area (Å²) < 4.78 is 87.3. The van der Waals surface area contributed by atoms with Gasteiger partial charge in [-0.2, -0.15) is 0 Å². The van der Waals surface area contributed by atoms with E-state index in [9.17, 15) is 30.7 Å². The van der Waals surface area contributed by atoms with Gasteiger partial charge in [-0.15, -0.1) is 0 Å². The van der Waals surface area contributed by atoms with E-state index in [1.165, 1.54) is 71.6 Å². The maximum Gasteiger partial charge on any atom is 0.126 e. The number of rotatable bonds is 0. The molecule has 0 fully saturated rings. The number of benzene rings is 9. The Labute approximate surface area is 456 Å². The topological polar surface area (TPSA) is 0 Å². The van der Waals surface area contributed by atoms with Crippen LogP contribution in [-0.2, 0) is 0 Å². The van der Waals surface area contributed by atoms with Crippen molar-refractivity contribution in [2.45, 2.75) is 83.1 Å². The summed E-state index contributed by atoms with van der Waals surface area (Å²) in [5, 5.41) is 0.810. The highest BCUT2D eigenvalue weighted by atomic mass is 79.9. The fraction of sp³-hybridized carbons (Fsp3) is 0.182. The second kappa shape index (κ2) is 37.1. The van der Waals surface area contributed by atoms with Gasteiger partial charge in [-0.05, 0) is 207 Å². The summed E-state index contributed by atoms with van der Waals surface area (Å²) in [5.41, 5.74) is 11.8. The van der Waals surface area contributed by atoms with Gasteiger partial charge in [0.05, 0.1) is 0 Å². The first kappa shape index (κ1) is 66.3. The lowest BCUT2D eigenvalue weighted by atomic mass is 10.1. The van der Waals surface area contributed by atoms with Gasteiger partial charge < -0.3 is 0 Å². The first-order chi connectivity index (χ1) is 35.3. The second-order valence-electron chi connectivity index (χ2n) is 17.5. The average molecular weight is 1110 g/mol. The molecule has 0 amide bonds. The molecule has 0 heterocycles. The van der Waals surface area contributed by atoms with Gasteiger partial charge in [-0.25, -0.2) is 30.7 Å². The second-order valence-corrected chi connectivity index (χ2v) is 18.9. The lowest BCUT2D eigenvalue weighted by Gasteiger charge is -1.95. The van der Waals surface area contributed by atoms with Crippen LogP contribution in [0.15, 0.2) is 205 Å². The van der Waals surface area contributed by atoms with Crippen molar-refractivity contribution in [2.75, 3.05) is 0 Å². The molecule has 0 nitrogen and oxygen atoms in total. The highest BCUT2D eigenvalue weighted by Crippen LogP contribution is 2.12. The minimum absolute atomic E-state index is 0.116. The summed E-state index contributed by atoms with van der Waals surface area (Å²) in [6.07, 6.45) is 0. The predicted octanol–water partition coefficient (Wildman–Crippen LogP) is 21.3. The Kier molecular flexibility index (Phi) is 32.8. The summed E-state index contributed by atoms with van der Waals surface area (Å²) in [6, 6.07) is 57.7. The fourth-order valence-electron chi connectivity index (χ4n) is 5.81. The zero-order valence-corrected chi connectivity index (χ0v) is 47.3. The minimum Gasteiger partial charge on any atom is -0.207 e. The normalized spacial score (nSPS) is 9.40. The smallest absolute Gasteiger partial charge is 0.126 e. The largest absolute Gasteiger partial charge is 0.207 e. The Morgan fingerprint density at radius 2 is 0.640 bits per heavy atom. The lowest BCUT2D eigenvalue weighted by molar-refractivity contribution is 0.592. The lowest BCUT2D eigenvalue weighted by Crippen LogP contribution is -1.81. The predicted molar refractivity (Wildman–Crippen MR) is 307 cm³/mol. The summed E-state index contributed by atoms with van der Waals surface area (Å²) in [6.45, 7) is 22.7. The van der Waals surface area contributed by atoms with Crippen molar-refractivity contribution in [1.29, 1.82) is 0 Å². The van der Waals surface area contributed by atoms with Crippen molar-refractivity contribution in [3.63, 3.8) is 0 Å². The maximum atomic E-state index is 12.6. The first-order valence-electron chi connectivity index (χ1n) is 23.8. The van der Waals surface area contributed by atoms with E-state index in [1.54, 1.807) is 63.2 Å². The van der Waals surface area contributed by atoms with E-state index in [1.807, 2.05) is 95.3 Å². The zero-order valence-electron chi connectivity index (χ0n) is 45.0. The van der Waals surface area contributed by atoms with Crippen LogP contribution < -0.4 is 0 Å². The standard InChI is InChI=1S/2C8H9F.C8H10.C7H7Br.C7H7Cl.C7H6F2.3C7H7F/c1-6-3-4-8(9)7(2)5-6;1-6-3-4-7(2)8(9)5-6;1-7-4-3-5-8(2)6-7;2*1-6-3-2-4-7(8)5-6;1-5-4-6(8)2-3-7(5)9;1-6-2-4-7(8)5-3-6;1-6-3-2-4-7(8)5-6;1-6-4-2-3-5-7(6)8/h2*3-5H,1-2H3;3-6H,1-2H3;2*2-5H,1H3;2-4H,1H3;3*2-5H,1H3. The van der Waals surface area contributed by atoms with Gasteiger partial charge in [0.25, 0.3) is 0 Å². The van der Waals surface area contributed by atoms with Crippen LogP contribution in [-0.4, -0.2) is 0 Å². The van der Waals surface area contributed by atoms with Crippen LogP contribution in [0.2, 0.25) is 5.02 Å². The summed E-state index contributed by atoms with van der Waals surface area (Å²) >= 11 is 9.01. The van der Waals surface area contributed by atoms with E-state index in [0.29, 0.717) is 16.7 Å². The minimum atomic E-state index is -0.395. The van der Waals surface area contributed by atoms with Gasteiger partial charge >= 0.3 is 0 Å². The molecule has 9 aromatic carbocycles. The van der Waals surface area contributed by atoms with E-state index >= 15 is 0 Å². The molecule has 0 bridgehead atoms. The van der Waals surface area contributed by atoms with Gasteiger partial charge in [-0.3, -0.25) is 0 Å². The SMILES string of the molecule is Cc1cc(F)ccc1F.Cc1ccc(C)c(F)c1.Cc1ccc(F)c(C)c1.Cc1ccc(F)cc1.Cc1cccc(Br)c1.Cc1cccc(C)c1.Cc1cccc(Cl)c1.Cc1cccc(F)c1.Cc1ccccc1F. The van der Waals surface area contributed by atoms with Crippen LogP contribution in [0.5, 0.6) is 0 Å². The highest BCUT2D eigenvalue weighted by molar-refractivity contribution is 9.10. The Bertz CT molecular complexity index is 2620. The van der Waals surface area contributed by atoms with Crippen LogP contribution in [0, 0.1) is 124 Å². The average Bonchev–Trinajstić information content (AvgIpc) is 3.34. The van der Waals surface area contributed by atoms with Crippen molar-refractivity contribution in [2.24, 2.45) is 0 Å². The molecule has 0 aromatic heterocycles. The molecule has 0 radical (unpaired) electrons. The van der Waals surface area contributed by atoms with Crippen molar-refractivity contribution in [1.82, 2.24) is 0 Å². The monoisotopic (exact) mass is 1110 g/mol. The Hall–Kier alpha value is -6.74.